The minimum Gasteiger partial charge on any atom is -0.478 e. The maximum Gasteiger partial charge on any atom is 0.338 e. The van der Waals surface area contributed by atoms with Crippen molar-refractivity contribution in [1.82, 2.24) is 24.5 Å². The van der Waals surface area contributed by atoms with E-state index in [2.05, 4.69) is 30.2 Å². The lowest BCUT2D eigenvalue weighted by atomic mass is 10.1. The summed E-state index contributed by atoms with van der Waals surface area (Å²) in [4.78, 5) is 30.2. The Morgan fingerprint density at radius 1 is 1.03 bits per heavy atom. The average Bonchev–Trinajstić information content (AvgIpc) is 3.23. The van der Waals surface area contributed by atoms with Crippen molar-refractivity contribution in [2.24, 2.45) is 0 Å². The van der Waals surface area contributed by atoms with Gasteiger partial charge >= 0.3 is 5.97 Å². The standard InChI is InChI=1S/C24H22F3N7O2.2ClH/c1-2-13-9-28-24(29-10-13)33-5-3-14(4-6-33)34-11-18(27)20-21(30-12-31-22(20)34)32-19-8-16(25)15(23(35)36)7-17(19)26;;/h7-12,14H,2-6H2,1H3,(H,35,36)(H,30,31,32);2*1H. The van der Waals surface area contributed by atoms with Crippen LogP contribution >= 0.6 is 24.8 Å². The van der Waals surface area contributed by atoms with Gasteiger partial charge < -0.3 is 19.9 Å². The fourth-order valence-corrected chi connectivity index (χ4v) is 4.38. The first-order chi connectivity index (χ1) is 17.4. The predicted octanol–water partition coefficient (Wildman–Crippen LogP) is 5.33. The van der Waals surface area contributed by atoms with Gasteiger partial charge in [-0.25, -0.2) is 37.9 Å². The number of nitrogens with one attached hydrogen (secondary N) is 1. The Labute approximate surface area is 228 Å². The number of carboxylic acid groups (broad SMARTS) is 1. The Bertz CT molecular complexity index is 1450. The minimum absolute atomic E-state index is 0. The Kier molecular flexibility index (Phi) is 9.00. The second-order valence-electron chi connectivity index (χ2n) is 8.51. The van der Waals surface area contributed by atoms with Gasteiger partial charge in [-0.05, 0) is 30.9 Å². The molecule has 5 rings (SSSR count). The second kappa shape index (κ2) is 11.8. The van der Waals surface area contributed by atoms with Crippen molar-refractivity contribution < 1.29 is 23.1 Å². The van der Waals surface area contributed by atoms with Crippen LogP contribution in [0.2, 0.25) is 0 Å². The van der Waals surface area contributed by atoms with E-state index in [1.807, 2.05) is 19.3 Å². The number of aromatic nitrogens is 5. The van der Waals surface area contributed by atoms with E-state index in [4.69, 9.17) is 5.11 Å². The van der Waals surface area contributed by atoms with Crippen LogP contribution < -0.4 is 10.2 Å². The molecule has 38 heavy (non-hydrogen) atoms. The summed E-state index contributed by atoms with van der Waals surface area (Å²) in [6, 6.07) is 1.22. The van der Waals surface area contributed by atoms with E-state index in [0.717, 1.165) is 12.0 Å². The highest BCUT2D eigenvalue weighted by atomic mass is 35.5. The number of carbonyl (C=O) groups is 1. The van der Waals surface area contributed by atoms with E-state index in [9.17, 15) is 13.6 Å². The van der Waals surface area contributed by atoms with Gasteiger partial charge in [0.25, 0.3) is 0 Å². The molecule has 0 atom stereocenters. The predicted molar refractivity (Wildman–Crippen MR) is 140 cm³/mol. The minimum atomic E-state index is -1.60. The topological polar surface area (TPSA) is 109 Å². The van der Waals surface area contributed by atoms with Crippen molar-refractivity contribution in [1.29, 1.82) is 0 Å². The number of rotatable bonds is 6. The third-order valence-electron chi connectivity index (χ3n) is 6.34. The number of anilines is 3. The van der Waals surface area contributed by atoms with E-state index >= 15 is 4.39 Å². The fourth-order valence-electron chi connectivity index (χ4n) is 4.38. The van der Waals surface area contributed by atoms with E-state index in [0.29, 0.717) is 49.7 Å². The van der Waals surface area contributed by atoms with Gasteiger partial charge in [-0.1, -0.05) is 6.92 Å². The molecule has 0 radical (unpaired) electrons. The van der Waals surface area contributed by atoms with E-state index < -0.39 is 29.0 Å². The number of carboxylic acids is 1. The zero-order chi connectivity index (χ0) is 25.4. The van der Waals surface area contributed by atoms with Gasteiger partial charge in [-0.3, -0.25) is 0 Å². The molecule has 0 amide bonds. The number of halogens is 5. The first-order valence-corrected chi connectivity index (χ1v) is 11.4. The van der Waals surface area contributed by atoms with E-state index in [-0.39, 0.29) is 47.7 Å². The molecule has 0 saturated carbocycles. The summed E-state index contributed by atoms with van der Waals surface area (Å²) in [5.41, 5.74) is 0.204. The van der Waals surface area contributed by atoms with Crippen LogP contribution in [-0.2, 0) is 6.42 Å². The maximum absolute atomic E-state index is 15.1. The molecule has 0 spiro atoms. The van der Waals surface area contributed by atoms with Gasteiger partial charge in [-0.15, -0.1) is 24.8 Å². The molecule has 0 aliphatic carbocycles. The molecule has 1 aromatic carbocycles. The molecule has 0 bridgehead atoms. The van der Waals surface area contributed by atoms with Gasteiger partial charge in [0.05, 0.1) is 16.6 Å². The first kappa shape index (κ1) is 28.9. The summed E-state index contributed by atoms with van der Waals surface area (Å²) >= 11 is 0. The SMILES string of the molecule is CCc1cnc(N2CCC(n3cc(F)c4c(Nc5cc(F)c(C(=O)O)cc5F)ncnc43)CC2)nc1.Cl.Cl. The summed E-state index contributed by atoms with van der Waals surface area (Å²) in [5, 5.41) is 11.6. The van der Waals surface area contributed by atoms with Crippen LogP contribution in [0.25, 0.3) is 11.0 Å². The van der Waals surface area contributed by atoms with Crippen LogP contribution in [0, 0.1) is 17.5 Å². The van der Waals surface area contributed by atoms with Gasteiger partial charge in [0, 0.05) is 43.8 Å². The molecule has 14 heteroatoms. The quantitative estimate of drug-likeness (QED) is 0.321. The van der Waals surface area contributed by atoms with Gasteiger partial charge in [0.15, 0.2) is 5.82 Å². The molecule has 0 unspecified atom stereocenters. The molecule has 9 nitrogen and oxygen atoms in total. The van der Waals surface area contributed by atoms with Crippen LogP contribution in [-0.4, -0.2) is 48.7 Å². The zero-order valence-electron chi connectivity index (χ0n) is 20.1. The maximum atomic E-state index is 15.1. The molecule has 1 aliphatic rings. The van der Waals surface area contributed by atoms with E-state index in [1.165, 1.54) is 12.5 Å². The van der Waals surface area contributed by atoms with Crippen molar-refractivity contribution in [2.45, 2.75) is 32.2 Å². The number of aryl methyl sites for hydroxylation is 1. The summed E-state index contributed by atoms with van der Waals surface area (Å²) in [7, 11) is 0. The lowest BCUT2D eigenvalue weighted by Crippen LogP contribution is -2.35. The second-order valence-corrected chi connectivity index (χ2v) is 8.51. The lowest BCUT2D eigenvalue weighted by Gasteiger charge is -2.32. The highest BCUT2D eigenvalue weighted by molar-refractivity contribution is 5.91. The first-order valence-electron chi connectivity index (χ1n) is 11.4. The number of fused-ring (bicyclic) bond motifs is 1. The van der Waals surface area contributed by atoms with Crippen LogP contribution in [0.1, 0.15) is 41.7 Å². The molecule has 1 fully saturated rings. The smallest absolute Gasteiger partial charge is 0.338 e. The molecule has 202 valence electrons. The van der Waals surface area contributed by atoms with Crippen molar-refractivity contribution in [3.8, 4) is 0 Å². The highest BCUT2D eigenvalue weighted by Crippen LogP contribution is 2.33. The molecular formula is C24H24Cl2F3N7O2. The number of benzene rings is 1. The molecule has 1 aliphatic heterocycles. The molecular weight excluding hydrogens is 546 g/mol. The molecule has 1 saturated heterocycles. The lowest BCUT2D eigenvalue weighted by molar-refractivity contribution is 0.0691. The van der Waals surface area contributed by atoms with Crippen LogP contribution in [0.15, 0.2) is 37.1 Å². The van der Waals surface area contributed by atoms with E-state index in [1.54, 1.807) is 4.57 Å². The summed E-state index contributed by atoms with van der Waals surface area (Å²) in [5.74, 6) is -3.75. The van der Waals surface area contributed by atoms with Gasteiger partial charge in [-0.2, -0.15) is 0 Å². The van der Waals surface area contributed by atoms with Crippen molar-refractivity contribution in [3.63, 3.8) is 0 Å². The average molecular weight is 570 g/mol. The monoisotopic (exact) mass is 569 g/mol. The van der Waals surface area contributed by atoms with Crippen LogP contribution in [0.4, 0.5) is 30.6 Å². The largest absolute Gasteiger partial charge is 0.478 e. The number of nitrogens with zero attached hydrogens (tertiary/aromatic N) is 6. The number of piperidine rings is 1. The normalized spacial score (nSPS) is 13.6. The Hall–Kier alpha value is -3.64. The third-order valence-corrected chi connectivity index (χ3v) is 6.34. The molecule has 4 heterocycles. The highest BCUT2D eigenvalue weighted by Gasteiger charge is 2.26. The van der Waals surface area contributed by atoms with Crippen molar-refractivity contribution in [3.05, 3.63) is 65.6 Å². The van der Waals surface area contributed by atoms with Crippen LogP contribution in [0.5, 0.6) is 0 Å². The number of hydrogen-bond donors (Lipinski definition) is 2. The van der Waals surface area contributed by atoms with Gasteiger partial charge in [0.2, 0.25) is 5.95 Å². The van der Waals surface area contributed by atoms with Crippen molar-refractivity contribution >= 4 is 59.3 Å². The van der Waals surface area contributed by atoms with Gasteiger partial charge in [0.1, 0.15) is 29.4 Å². The zero-order valence-corrected chi connectivity index (χ0v) is 21.7. The molecule has 2 N–H and O–H groups in total. The van der Waals surface area contributed by atoms with Crippen LogP contribution in [0.3, 0.4) is 0 Å². The Morgan fingerprint density at radius 2 is 1.71 bits per heavy atom. The summed E-state index contributed by atoms with van der Waals surface area (Å²) in [6.07, 6.45) is 8.44. The molecule has 4 aromatic rings. The fraction of sp³-hybridized carbons (Fsp3) is 0.292. The third kappa shape index (κ3) is 5.46. The summed E-state index contributed by atoms with van der Waals surface area (Å²) < 4.78 is 45.4. The summed E-state index contributed by atoms with van der Waals surface area (Å²) in [6.45, 7) is 3.39. The number of hydrogen-bond acceptors (Lipinski definition) is 7. The molecule has 3 aromatic heterocycles. The number of aromatic carboxylic acids is 1. The Balaban J connectivity index is 0.00000200. The van der Waals surface area contributed by atoms with Crippen molar-refractivity contribution in [2.75, 3.05) is 23.3 Å². The Morgan fingerprint density at radius 3 is 2.34 bits per heavy atom.